The zero-order valence-electron chi connectivity index (χ0n) is 7.77. The van der Waals surface area contributed by atoms with Gasteiger partial charge in [-0.1, -0.05) is 24.1 Å². The van der Waals surface area contributed by atoms with Gasteiger partial charge in [0, 0.05) is 0 Å². The lowest BCUT2D eigenvalue weighted by Gasteiger charge is -2.08. The van der Waals surface area contributed by atoms with E-state index in [0.717, 1.165) is 0 Å². The summed E-state index contributed by atoms with van der Waals surface area (Å²) in [6.07, 6.45) is 5.08. The first-order chi connectivity index (χ1) is 6.56. The van der Waals surface area contributed by atoms with Crippen LogP contribution in [-0.2, 0) is 10.0 Å². The zero-order valence-corrected chi connectivity index (χ0v) is 8.58. The van der Waals surface area contributed by atoms with Gasteiger partial charge in [0.25, 0.3) is 0 Å². The Hall–Kier alpha value is -1.31. The molecule has 0 radical (unpaired) electrons. The lowest BCUT2D eigenvalue weighted by atomic mass is 10.4. The summed E-state index contributed by atoms with van der Waals surface area (Å²) in [7, 11) is -3.46. The van der Waals surface area contributed by atoms with Gasteiger partial charge in [-0.05, 0) is 19.1 Å². The van der Waals surface area contributed by atoms with Crippen LogP contribution in [0.5, 0.6) is 0 Å². The van der Waals surface area contributed by atoms with Crippen LogP contribution < -0.4 is 4.72 Å². The molecule has 0 spiro atoms. The van der Waals surface area contributed by atoms with Crippen molar-refractivity contribution in [2.45, 2.75) is 17.9 Å². The van der Waals surface area contributed by atoms with Crippen molar-refractivity contribution in [2.24, 2.45) is 0 Å². The van der Waals surface area contributed by atoms with Crippen LogP contribution in [0.15, 0.2) is 35.2 Å². The second-order valence-electron chi connectivity index (χ2n) is 2.82. The Balaban J connectivity index is 2.94. The molecule has 0 aromatic heterocycles. The minimum atomic E-state index is -3.46. The fourth-order valence-electron chi connectivity index (χ4n) is 0.934. The highest BCUT2D eigenvalue weighted by molar-refractivity contribution is 7.89. The molecule has 14 heavy (non-hydrogen) atoms. The molecule has 1 rings (SSSR count). The summed E-state index contributed by atoms with van der Waals surface area (Å²) in [5.74, 6) is 2.30. The maximum absolute atomic E-state index is 11.6. The second kappa shape index (κ2) is 4.27. The van der Waals surface area contributed by atoms with Crippen molar-refractivity contribution in [3.05, 3.63) is 30.3 Å². The summed E-state index contributed by atoms with van der Waals surface area (Å²) in [5, 5.41) is 0. The van der Waals surface area contributed by atoms with Gasteiger partial charge in [-0.25, -0.2) is 8.42 Å². The highest BCUT2D eigenvalue weighted by Gasteiger charge is 2.14. The first kappa shape index (κ1) is 10.8. The predicted octanol–water partition coefficient (Wildman–Crippen LogP) is 0.987. The molecule has 1 aromatic rings. The van der Waals surface area contributed by atoms with Gasteiger partial charge in [-0.15, -0.1) is 6.42 Å². The van der Waals surface area contributed by atoms with Gasteiger partial charge in [-0.3, -0.25) is 0 Å². The van der Waals surface area contributed by atoms with Gasteiger partial charge in [0.15, 0.2) is 0 Å². The molecule has 0 amide bonds. The van der Waals surface area contributed by atoms with Crippen LogP contribution in [0.25, 0.3) is 0 Å². The number of sulfonamides is 1. The molecule has 74 valence electrons. The zero-order chi connectivity index (χ0) is 10.6. The van der Waals surface area contributed by atoms with Crippen LogP contribution in [-0.4, -0.2) is 14.5 Å². The van der Waals surface area contributed by atoms with E-state index in [9.17, 15) is 8.42 Å². The molecule has 1 atom stereocenters. The summed E-state index contributed by atoms with van der Waals surface area (Å²) < 4.78 is 25.5. The van der Waals surface area contributed by atoms with Crippen LogP contribution in [0.2, 0.25) is 0 Å². The number of hydrogen-bond donors (Lipinski definition) is 1. The average Bonchev–Trinajstić information content (AvgIpc) is 2.18. The molecule has 0 saturated heterocycles. The minimum absolute atomic E-state index is 0.224. The molecule has 0 saturated carbocycles. The smallest absolute Gasteiger partial charge is 0.207 e. The number of benzene rings is 1. The number of rotatable bonds is 3. The quantitative estimate of drug-likeness (QED) is 0.754. The van der Waals surface area contributed by atoms with Crippen LogP contribution in [0, 0.1) is 12.3 Å². The van der Waals surface area contributed by atoms with E-state index in [1.807, 2.05) is 0 Å². The van der Waals surface area contributed by atoms with E-state index in [0.29, 0.717) is 0 Å². The second-order valence-corrected chi connectivity index (χ2v) is 4.54. The van der Waals surface area contributed by atoms with Gasteiger partial charge >= 0.3 is 0 Å². The molecule has 0 aliphatic heterocycles. The number of hydrogen-bond acceptors (Lipinski definition) is 2. The van der Waals surface area contributed by atoms with E-state index in [2.05, 4.69) is 10.6 Å². The van der Waals surface area contributed by atoms with E-state index < -0.39 is 16.1 Å². The molecular weight excluding hydrogens is 198 g/mol. The van der Waals surface area contributed by atoms with Crippen LogP contribution in [0.1, 0.15) is 6.92 Å². The fourth-order valence-corrected chi connectivity index (χ4v) is 2.12. The predicted molar refractivity (Wildman–Crippen MR) is 55.1 cm³/mol. The fraction of sp³-hybridized carbons (Fsp3) is 0.200. The van der Waals surface area contributed by atoms with E-state index >= 15 is 0 Å². The van der Waals surface area contributed by atoms with Crippen LogP contribution in [0.4, 0.5) is 0 Å². The highest BCUT2D eigenvalue weighted by atomic mass is 32.2. The van der Waals surface area contributed by atoms with Crippen molar-refractivity contribution in [2.75, 3.05) is 0 Å². The Bertz CT molecular complexity index is 431. The van der Waals surface area contributed by atoms with Gasteiger partial charge in [-0.2, -0.15) is 4.72 Å². The molecule has 3 nitrogen and oxygen atoms in total. The third-order valence-electron chi connectivity index (χ3n) is 1.64. The maximum Gasteiger partial charge on any atom is 0.241 e. The summed E-state index contributed by atoms with van der Waals surface area (Å²) in [4.78, 5) is 0.224. The molecular formula is C10H11NO2S. The van der Waals surface area contributed by atoms with E-state index in [4.69, 9.17) is 6.42 Å². The highest BCUT2D eigenvalue weighted by Crippen LogP contribution is 2.07. The maximum atomic E-state index is 11.6. The summed E-state index contributed by atoms with van der Waals surface area (Å²) >= 11 is 0. The molecule has 1 N–H and O–H groups in total. The van der Waals surface area contributed by atoms with Crippen molar-refractivity contribution in [3.8, 4) is 12.3 Å². The molecule has 0 fully saturated rings. The SMILES string of the molecule is C#C[C@@H](C)NS(=O)(=O)c1ccccc1. The standard InChI is InChI=1S/C10H11NO2S/c1-3-9(2)11-14(12,13)10-7-5-4-6-8-10/h1,4-9,11H,2H3/t9-/m1/s1. The normalized spacial score (nSPS) is 13.1. The topological polar surface area (TPSA) is 46.2 Å². The third-order valence-corrected chi connectivity index (χ3v) is 3.19. The van der Waals surface area contributed by atoms with Gasteiger partial charge in [0.1, 0.15) is 0 Å². The van der Waals surface area contributed by atoms with Crippen LogP contribution in [0.3, 0.4) is 0 Å². The molecule has 0 heterocycles. The van der Waals surface area contributed by atoms with Crippen molar-refractivity contribution in [1.29, 1.82) is 0 Å². The molecule has 0 aliphatic carbocycles. The Kier molecular flexibility index (Phi) is 3.28. The Labute approximate surface area is 84.2 Å². The summed E-state index contributed by atoms with van der Waals surface area (Å²) in [6.45, 7) is 1.61. The molecule has 1 aromatic carbocycles. The minimum Gasteiger partial charge on any atom is -0.207 e. The first-order valence-electron chi connectivity index (χ1n) is 4.10. The summed E-state index contributed by atoms with van der Waals surface area (Å²) in [6, 6.07) is 7.62. The Morgan fingerprint density at radius 1 is 1.36 bits per heavy atom. The van der Waals surface area contributed by atoms with E-state index in [1.165, 1.54) is 12.1 Å². The number of terminal acetylenes is 1. The molecule has 0 bridgehead atoms. The molecule has 4 heteroatoms. The van der Waals surface area contributed by atoms with Crippen molar-refractivity contribution in [1.82, 2.24) is 4.72 Å². The van der Waals surface area contributed by atoms with Crippen molar-refractivity contribution in [3.63, 3.8) is 0 Å². The lowest BCUT2D eigenvalue weighted by Crippen LogP contribution is -2.31. The lowest BCUT2D eigenvalue weighted by molar-refractivity contribution is 0.577. The molecule has 0 unspecified atom stereocenters. The first-order valence-corrected chi connectivity index (χ1v) is 5.58. The largest absolute Gasteiger partial charge is 0.241 e. The summed E-state index contributed by atoms with van der Waals surface area (Å²) in [5.41, 5.74) is 0. The third kappa shape index (κ3) is 2.59. The van der Waals surface area contributed by atoms with E-state index in [1.54, 1.807) is 25.1 Å². The van der Waals surface area contributed by atoms with Crippen LogP contribution >= 0.6 is 0 Å². The van der Waals surface area contributed by atoms with Gasteiger partial charge in [0.2, 0.25) is 10.0 Å². The monoisotopic (exact) mass is 209 g/mol. The number of nitrogens with one attached hydrogen (secondary N) is 1. The Morgan fingerprint density at radius 2 is 1.93 bits per heavy atom. The molecule has 0 aliphatic rings. The van der Waals surface area contributed by atoms with Gasteiger partial charge in [0.05, 0.1) is 10.9 Å². The van der Waals surface area contributed by atoms with Gasteiger partial charge < -0.3 is 0 Å². The Morgan fingerprint density at radius 3 is 2.43 bits per heavy atom. The van der Waals surface area contributed by atoms with Crippen molar-refractivity contribution >= 4 is 10.0 Å². The average molecular weight is 209 g/mol. The van der Waals surface area contributed by atoms with Crippen molar-refractivity contribution < 1.29 is 8.42 Å². The van der Waals surface area contributed by atoms with E-state index in [-0.39, 0.29) is 4.90 Å².